The molecule has 3 rings (SSSR count). The Hall–Kier alpha value is -1.79. The lowest BCUT2D eigenvalue weighted by Gasteiger charge is -2.18. The SMILES string of the molecule is CNS(=O)(=O)c1ccc2c(c1)CCN2Cc1ccco1. The molecule has 0 radical (unpaired) electrons. The second-order valence-corrected chi connectivity index (χ2v) is 6.64. The molecule has 0 atom stereocenters. The summed E-state index contributed by atoms with van der Waals surface area (Å²) in [4.78, 5) is 2.52. The zero-order valence-corrected chi connectivity index (χ0v) is 12.0. The lowest BCUT2D eigenvalue weighted by atomic mass is 10.2. The van der Waals surface area contributed by atoms with Crippen LogP contribution in [0.3, 0.4) is 0 Å². The predicted molar refractivity (Wildman–Crippen MR) is 76.1 cm³/mol. The van der Waals surface area contributed by atoms with Gasteiger partial charge in [-0.2, -0.15) is 0 Å². The molecule has 1 aliphatic rings. The molecule has 0 aliphatic carbocycles. The normalized spacial score (nSPS) is 14.6. The van der Waals surface area contributed by atoms with Crippen LogP contribution in [0.25, 0.3) is 0 Å². The number of hydrogen-bond donors (Lipinski definition) is 1. The summed E-state index contributed by atoms with van der Waals surface area (Å²) in [6, 6.07) is 9.08. The molecule has 0 unspecified atom stereocenters. The number of anilines is 1. The van der Waals surface area contributed by atoms with Gasteiger partial charge in [-0.15, -0.1) is 0 Å². The molecule has 6 heteroatoms. The number of hydrogen-bond acceptors (Lipinski definition) is 4. The third-order valence-electron chi connectivity index (χ3n) is 3.55. The van der Waals surface area contributed by atoms with Crippen LogP contribution in [0.4, 0.5) is 5.69 Å². The fourth-order valence-corrected chi connectivity index (χ4v) is 3.27. The Labute approximate surface area is 118 Å². The maximum absolute atomic E-state index is 11.8. The number of benzene rings is 1. The van der Waals surface area contributed by atoms with Gasteiger partial charge in [0.05, 0.1) is 17.7 Å². The number of sulfonamides is 1. The maximum Gasteiger partial charge on any atom is 0.240 e. The topological polar surface area (TPSA) is 62.6 Å². The first kappa shape index (κ1) is 13.2. The van der Waals surface area contributed by atoms with Crippen LogP contribution >= 0.6 is 0 Å². The van der Waals surface area contributed by atoms with Gasteiger partial charge in [-0.1, -0.05) is 0 Å². The van der Waals surface area contributed by atoms with Crippen LogP contribution in [0.15, 0.2) is 45.9 Å². The van der Waals surface area contributed by atoms with Gasteiger partial charge < -0.3 is 9.32 Å². The molecule has 1 aromatic heterocycles. The van der Waals surface area contributed by atoms with Crippen molar-refractivity contribution in [3.05, 3.63) is 47.9 Å². The summed E-state index contributed by atoms with van der Waals surface area (Å²) in [5, 5.41) is 0. The van der Waals surface area contributed by atoms with Crippen LogP contribution in [0.2, 0.25) is 0 Å². The molecule has 0 saturated carbocycles. The molecule has 5 nitrogen and oxygen atoms in total. The first-order valence-corrected chi connectivity index (χ1v) is 7.92. The van der Waals surface area contributed by atoms with Crippen LogP contribution < -0.4 is 9.62 Å². The minimum Gasteiger partial charge on any atom is -0.467 e. The number of nitrogens with zero attached hydrogens (tertiary/aromatic N) is 1. The van der Waals surface area contributed by atoms with Crippen LogP contribution in [-0.2, 0) is 23.0 Å². The predicted octanol–water partition coefficient (Wildman–Crippen LogP) is 1.75. The fourth-order valence-electron chi connectivity index (χ4n) is 2.49. The Balaban J connectivity index is 1.88. The minimum absolute atomic E-state index is 0.318. The molecule has 0 amide bonds. The maximum atomic E-state index is 11.8. The first-order valence-electron chi connectivity index (χ1n) is 6.44. The van der Waals surface area contributed by atoms with E-state index in [-0.39, 0.29) is 0 Å². The van der Waals surface area contributed by atoms with Gasteiger partial charge in [-0.05, 0) is 49.4 Å². The smallest absolute Gasteiger partial charge is 0.240 e. The van der Waals surface area contributed by atoms with E-state index in [1.165, 1.54) is 7.05 Å². The highest BCUT2D eigenvalue weighted by Gasteiger charge is 2.22. The fraction of sp³-hybridized carbons (Fsp3) is 0.286. The highest BCUT2D eigenvalue weighted by atomic mass is 32.2. The second-order valence-electron chi connectivity index (χ2n) is 4.75. The molecule has 1 aromatic carbocycles. The van der Waals surface area contributed by atoms with Crippen molar-refractivity contribution in [3.8, 4) is 0 Å². The molecular weight excluding hydrogens is 276 g/mol. The van der Waals surface area contributed by atoms with Crippen LogP contribution in [0.5, 0.6) is 0 Å². The standard InChI is InChI=1S/C14H16N2O3S/c1-15-20(17,18)13-4-5-14-11(9-13)6-7-16(14)10-12-3-2-8-19-12/h2-5,8-9,15H,6-7,10H2,1H3. The van der Waals surface area contributed by atoms with E-state index >= 15 is 0 Å². The first-order chi connectivity index (χ1) is 9.60. The number of fused-ring (bicyclic) bond motifs is 1. The van der Waals surface area contributed by atoms with Gasteiger partial charge in [0.2, 0.25) is 10.0 Å². The Morgan fingerprint density at radius 3 is 2.90 bits per heavy atom. The monoisotopic (exact) mass is 292 g/mol. The number of furan rings is 1. The molecule has 0 fully saturated rings. The van der Waals surface area contributed by atoms with Gasteiger partial charge in [0.15, 0.2) is 0 Å². The van der Waals surface area contributed by atoms with Gasteiger partial charge in [-0.25, -0.2) is 13.1 Å². The summed E-state index contributed by atoms with van der Waals surface area (Å²) in [6.45, 7) is 1.58. The lowest BCUT2D eigenvalue weighted by molar-refractivity contribution is 0.504. The van der Waals surface area contributed by atoms with Crippen molar-refractivity contribution < 1.29 is 12.8 Å². The quantitative estimate of drug-likeness (QED) is 0.932. The summed E-state index contributed by atoms with van der Waals surface area (Å²) >= 11 is 0. The second kappa shape index (κ2) is 4.96. The van der Waals surface area contributed by atoms with Gasteiger partial charge in [-0.3, -0.25) is 0 Å². The van der Waals surface area contributed by atoms with Gasteiger partial charge in [0, 0.05) is 12.2 Å². The molecular formula is C14H16N2O3S. The van der Waals surface area contributed by atoms with E-state index in [1.54, 1.807) is 18.4 Å². The summed E-state index contributed by atoms with van der Waals surface area (Å²) in [5.74, 6) is 0.907. The summed E-state index contributed by atoms with van der Waals surface area (Å²) in [6.07, 6.45) is 2.51. The molecule has 20 heavy (non-hydrogen) atoms. The van der Waals surface area contributed by atoms with Crippen molar-refractivity contribution in [1.82, 2.24) is 4.72 Å². The van der Waals surface area contributed by atoms with Crippen LogP contribution in [0.1, 0.15) is 11.3 Å². The van der Waals surface area contributed by atoms with E-state index < -0.39 is 10.0 Å². The highest BCUT2D eigenvalue weighted by molar-refractivity contribution is 7.89. The van der Waals surface area contributed by atoms with Crippen molar-refractivity contribution in [2.45, 2.75) is 17.9 Å². The molecule has 1 aliphatic heterocycles. The van der Waals surface area contributed by atoms with E-state index in [2.05, 4.69) is 9.62 Å². The Bertz CT molecular complexity index is 708. The van der Waals surface area contributed by atoms with Crippen LogP contribution in [-0.4, -0.2) is 22.0 Å². The summed E-state index contributed by atoms with van der Waals surface area (Å²) < 4.78 is 31.3. The third kappa shape index (κ3) is 2.32. The van der Waals surface area contributed by atoms with Crippen molar-refractivity contribution in [2.24, 2.45) is 0 Å². The molecule has 1 N–H and O–H groups in total. The average molecular weight is 292 g/mol. The molecule has 0 spiro atoms. The van der Waals surface area contributed by atoms with E-state index in [0.29, 0.717) is 11.4 Å². The zero-order valence-electron chi connectivity index (χ0n) is 11.2. The lowest BCUT2D eigenvalue weighted by Crippen LogP contribution is -2.20. The van der Waals surface area contributed by atoms with E-state index in [1.807, 2.05) is 18.2 Å². The van der Waals surface area contributed by atoms with Gasteiger partial charge in [0.1, 0.15) is 5.76 Å². The average Bonchev–Trinajstić information content (AvgIpc) is 3.09. The van der Waals surface area contributed by atoms with Crippen LogP contribution in [0, 0.1) is 0 Å². The molecule has 106 valence electrons. The van der Waals surface area contributed by atoms with Crippen molar-refractivity contribution in [1.29, 1.82) is 0 Å². The highest BCUT2D eigenvalue weighted by Crippen LogP contribution is 2.31. The van der Waals surface area contributed by atoms with Crippen molar-refractivity contribution in [3.63, 3.8) is 0 Å². The summed E-state index contributed by atoms with van der Waals surface area (Å²) in [5.41, 5.74) is 2.14. The van der Waals surface area contributed by atoms with Gasteiger partial charge in [0.25, 0.3) is 0 Å². The molecule has 0 saturated heterocycles. The largest absolute Gasteiger partial charge is 0.467 e. The molecule has 2 aromatic rings. The Morgan fingerprint density at radius 1 is 1.35 bits per heavy atom. The van der Waals surface area contributed by atoms with E-state index in [0.717, 1.165) is 30.0 Å². The van der Waals surface area contributed by atoms with E-state index in [9.17, 15) is 8.42 Å². The van der Waals surface area contributed by atoms with Crippen molar-refractivity contribution in [2.75, 3.05) is 18.5 Å². The summed E-state index contributed by atoms with van der Waals surface area (Å²) in [7, 11) is -1.95. The Morgan fingerprint density at radius 2 is 2.20 bits per heavy atom. The molecule has 2 heterocycles. The number of rotatable bonds is 4. The molecule has 0 bridgehead atoms. The van der Waals surface area contributed by atoms with Crippen molar-refractivity contribution >= 4 is 15.7 Å². The van der Waals surface area contributed by atoms with Gasteiger partial charge >= 0.3 is 0 Å². The van der Waals surface area contributed by atoms with E-state index in [4.69, 9.17) is 4.42 Å². The minimum atomic E-state index is -3.37. The zero-order chi connectivity index (χ0) is 14.2. The third-order valence-corrected chi connectivity index (χ3v) is 4.96. The Kier molecular flexibility index (Phi) is 3.27. The number of nitrogens with one attached hydrogen (secondary N) is 1.